The fraction of sp³-hybridized carbons (Fsp3) is 0.417. The maximum Gasteiger partial charge on any atom is 0.265 e. The van der Waals surface area contributed by atoms with Gasteiger partial charge in [-0.2, -0.15) is 0 Å². The molecule has 2 aromatic heterocycles. The molecule has 0 atom stereocenters. The zero-order valence-electron chi connectivity index (χ0n) is 11.4. The molecule has 0 aliphatic carbocycles. The molecule has 0 radical (unpaired) electrons. The Morgan fingerprint density at radius 3 is 3.00 bits per heavy atom. The third kappa shape index (κ3) is 2.11. The minimum atomic E-state index is -0.0565. The minimum Gasteiger partial charge on any atom is -0.397 e. The maximum atomic E-state index is 12.0. The van der Waals surface area contributed by atoms with Crippen LogP contribution in [0.5, 0.6) is 0 Å². The maximum absolute atomic E-state index is 12.0. The highest BCUT2D eigenvalue weighted by Gasteiger charge is 2.22. The Bertz CT molecular complexity index is 646. The molecule has 0 bridgehead atoms. The highest BCUT2D eigenvalue weighted by molar-refractivity contribution is 7.18. The van der Waals surface area contributed by atoms with Crippen LogP contribution < -0.4 is 10.6 Å². The zero-order chi connectivity index (χ0) is 14.3. The summed E-state index contributed by atoms with van der Waals surface area (Å²) in [5.74, 6) is 0.877. The Hall–Kier alpha value is -2.09. The third-order valence-corrected chi connectivity index (χ3v) is 4.50. The number of nitrogens with two attached hydrogens (primary N) is 1. The number of fused-ring (bicyclic) bond motifs is 1. The number of rotatable bonds is 2. The number of anilines is 2. The largest absolute Gasteiger partial charge is 0.397 e. The van der Waals surface area contributed by atoms with Crippen molar-refractivity contribution in [1.29, 1.82) is 0 Å². The molecule has 8 heteroatoms. The first-order valence-corrected chi connectivity index (χ1v) is 7.10. The second kappa shape index (κ2) is 4.78. The molecule has 1 aliphatic rings. The van der Waals surface area contributed by atoms with Crippen molar-refractivity contribution >= 4 is 27.9 Å². The number of hydrogen-bond acceptors (Lipinski definition) is 6. The van der Waals surface area contributed by atoms with E-state index in [1.807, 2.05) is 10.6 Å². The number of carbonyl (C=O) groups is 1. The lowest BCUT2D eigenvalue weighted by Gasteiger charge is -2.27. The lowest BCUT2D eigenvalue weighted by molar-refractivity contribution is 0.0833. The molecule has 1 amide bonds. The summed E-state index contributed by atoms with van der Waals surface area (Å²) < 4.78 is 2.04. The van der Waals surface area contributed by atoms with Crippen molar-refractivity contribution < 1.29 is 4.79 Å². The molecule has 7 nitrogen and oxygen atoms in total. The van der Waals surface area contributed by atoms with Gasteiger partial charge in [-0.1, -0.05) is 0 Å². The standard InChI is InChI=1S/C12H16N6OS/c1-16(2)12(19)11-8(13)5-10(20-11)17-3-4-18-7-14-15-9(18)6-17/h5,7H,3-4,6,13H2,1-2H3. The molecule has 0 saturated heterocycles. The first-order chi connectivity index (χ1) is 9.56. The predicted octanol–water partition coefficient (Wildman–Crippen LogP) is 0.644. The van der Waals surface area contributed by atoms with Crippen LogP contribution in [0.2, 0.25) is 0 Å². The Morgan fingerprint density at radius 2 is 2.25 bits per heavy atom. The van der Waals surface area contributed by atoms with E-state index in [-0.39, 0.29) is 5.91 Å². The van der Waals surface area contributed by atoms with Crippen molar-refractivity contribution in [2.24, 2.45) is 0 Å². The van der Waals surface area contributed by atoms with Gasteiger partial charge in [-0.15, -0.1) is 21.5 Å². The van der Waals surface area contributed by atoms with Gasteiger partial charge in [-0.25, -0.2) is 0 Å². The number of hydrogen-bond donors (Lipinski definition) is 1. The van der Waals surface area contributed by atoms with Crippen LogP contribution in [0.4, 0.5) is 10.7 Å². The Morgan fingerprint density at radius 1 is 1.45 bits per heavy atom. The molecule has 2 aromatic rings. The summed E-state index contributed by atoms with van der Waals surface area (Å²) in [5, 5.41) is 9.01. The lowest BCUT2D eigenvalue weighted by Crippen LogP contribution is -2.33. The summed E-state index contributed by atoms with van der Waals surface area (Å²) in [6.07, 6.45) is 1.75. The molecule has 0 spiro atoms. The quantitative estimate of drug-likeness (QED) is 0.879. The van der Waals surface area contributed by atoms with Crippen molar-refractivity contribution in [3.63, 3.8) is 0 Å². The van der Waals surface area contributed by atoms with Crippen LogP contribution in [-0.2, 0) is 13.1 Å². The van der Waals surface area contributed by atoms with E-state index in [1.54, 1.807) is 25.3 Å². The molecular formula is C12H16N6OS. The van der Waals surface area contributed by atoms with E-state index in [1.165, 1.54) is 11.3 Å². The number of amides is 1. The van der Waals surface area contributed by atoms with Crippen molar-refractivity contribution in [3.05, 3.63) is 23.1 Å². The van der Waals surface area contributed by atoms with Gasteiger partial charge in [0.1, 0.15) is 11.2 Å². The Balaban J connectivity index is 1.86. The highest BCUT2D eigenvalue weighted by Crippen LogP contribution is 2.34. The van der Waals surface area contributed by atoms with Crippen LogP contribution in [0.3, 0.4) is 0 Å². The zero-order valence-corrected chi connectivity index (χ0v) is 12.2. The Labute approximate surface area is 120 Å². The van der Waals surface area contributed by atoms with E-state index in [4.69, 9.17) is 5.73 Å². The minimum absolute atomic E-state index is 0.0565. The number of nitrogens with zero attached hydrogens (tertiary/aromatic N) is 5. The third-order valence-electron chi connectivity index (χ3n) is 3.30. The summed E-state index contributed by atoms with van der Waals surface area (Å²) in [7, 11) is 3.45. The van der Waals surface area contributed by atoms with E-state index in [9.17, 15) is 4.79 Å². The molecule has 3 rings (SSSR count). The summed E-state index contributed by atoms with van der Waals surface area (Å²) in [5.41, 5.74) is 6.50. The number of aromatic nitrogens is 3. The topological polar surface area (TPSA) is 80.3 Å². The molecule has 0 saturated carbocycles. The van der Waals surface area contributed by atoms with Crippen molar-refractivity contribution in [3.8, 4) is 0 Å². The summed E-state index contributed by atoms with van der Waals surface area (Å²) in [4.78, 5) is 16.3. The molecular weight excluding hydrogens is 276 g/mol. The molecule has 106 valence electrons. The number of carbonyl (C=O) groups excluding carboxylic acids is 1. The SMILES string of the molecule is CN(C)C(=O)c1sc(N2CCn3cnnc3C2)cc1N. The van der Waals surface area contributed by atoms with Crippen LogP contribution in [0.1, 0.15) is 15.5 Å². The van der Waals surface area contributed by atoms with Crippen LogP contribution in [-0.4, -0.2) is 46.2 Å². The Kier molecular flexibility index (Phi) is 3.09. The van der Waals surface area contributed by atoms with Gasteiger partial charge in [-0.05, 0) is 6.07 Å². The van der Waals surface area contributed by atoms with E-state index in [0.717, 1.165) is 23.9 Å². The van der Waals surface area contributed by atoms with E-state index >= 15 is 0 Å². The highest BCUT2D eigenvalue weighted by atomic mass is 32.1. The fourth-order valence-electron chi connectivity index (χ4n) is 2.17. The van der Waals surface area contributed by atoms with Crippen molar-refractivity contribution in [1.82, 2.24) is 19.7 Å². The average molecular weight is 292 g/mol. The van der Waals surface area contributed by atoms with Gasteiger partial charge in [0.25, 0.3) is 5.91 Å². The lowest BCUT2D eigenvalue weighted by atomic mass is 10.3. The number of thiophene rings is 1. The van der Waals surface area contributed by atoms with Crippen LogP contribution in [0, 0.1) is 0 Å². The molecule has 0 aromatic carbocycles. The molecule has 3 heterocycles. The summed E-state index contributed by atoms with van der Waals surface area (Å²) in [6.45, 7) is 2.40. The predicted molar refractivity (Wildman–Crippen MR) is 77.8 cm³/mol. The average Bonchev–Trinajstić information content (AvgIpc) is 3.02. The molecule has 0 fully saturated rings. The van der Waals surface area contributed by atoms with Gasteiger partial charge in [0.15, 0.2) is 5.82 Å². The first kappa shape index (κ1) is 12.9. The fourth-order valence-corrected chi connectivity index (χ4v) is 3.30. The van der Waals surface area contributed by atoms with Crippen molar-refractivity contribution in [2.45, 2.75) is 13.1 Å². The second-order valence-electron chi connectivity index (χ2n) is 4.93. The second-order valence-corrected chi connectivity index (χ2v) is 5.96. The summed E-state index contributed by atoms with van der Waals surface area (Å²) in [6, 6.07) is 1.87. The van der Waals surface area contributed by atoms with Gasteiger partial charge < -0.3 is 20.1 Å². The molecule has 2 N–H and O–H groups in total. The van der Waals surface area contributed by atoms with E-state index in [2.05, 4.69) is 15.1 Å². The molecule has 1 aliphatic heterocycles. The van der Waals surface area contributed by atoms with Crippen LogP contribution in [0.15, 0.2) is 12.4 Å². The monoisotopic (exact) mass is 292 g/mol. The van der Waals surface area contributed by atoms with Gasteiger partial charge in [0, 0.05) is 27.2 Å². The van der Waals surface area contributed by atoms with Gasteiger partial charge in [0.2, 0.25) is 0 Å². The molecule has 0 unspecified atom stereocenters. The molecule has 20 heavy (non-hydrogen) atoms. The van der Waals surface area contributed by atoms with Gasteiger partial charge in [0.05, 0.1) is 17.2 Å². The van der Waals surface area contributed by atoms with Gasteiger partial charge >= 0.3 is 0 Å². The van der Waals surface area contributed by atoms with E-state index < -0.39 is 0 Å². The van der Waals surface area contributed by atoms with Crippen LogP contribution in [0.25, 0.3) is 0 Å². The van der Waals surface area contributed by atoms with Crippen molar-refractivity contribution in [2.75, 3.05) is 31.3 Å². The van der Waals surface area contributed by atoms with Crippen LogP contribution >= 0.6 is 11.3 Å². The smallest absolute Gasteiger partial charge is 0.265 e. The normalized spacial score (nSPS) is 14.2. The first-order valence-electron chi connectivity index (χ1n) is 6.29. The van der Waals surface area contributed by atoms with Gasteiger partial charge in [-0.3, -0.25) is 4.79 Å². The number of nitrogen functional groups attached to an aromatic ring is 1. The summed E-state index contributed by atoms with van der Waals surface area (Å²) >= 11 is 1.43. The van der Waals surface area contributed by atoms with E-state index in [0.29, 0.717) is 17.1 Å².